The Kier molecular flexibility index (Phi) is 4.25. The normalized spacial score (nSPS) is 10.1. The molecule has 2 aromatic carbocycles. The van der Waals surface area contributed by atoms with Gasteiger partial charge < -0.3 is 5.32 Å². The van der Waals surface area contributed by atoms with E-state index in [0.717, 1.165) is 11.6 Å². The zero-order valence-corrected chi connectivity index (χ0v) is 11.0. The number of benzene rings is 2. The number of ketones is 1. The summed E-state index contributed by atoms with van der Waals surface area (Å²) in [5, 5.41) is 2.53. The molecule has 0 heterocycles. The van der Waals surface area contributed by atoms with Gasteiger partial charge in [0.1, 0.15) is 5.82 Å². The van der Waals surface area contributed by atoms with Crippen LogP contribution in [0.1, 0.15) is 26.3 Å². The molecule has 0 saturated carbocycles. The molecule has 0 aliphatic carbocycles. The fourth-order valence-electron chi connectivity index (χ4n) is 1.81. The van der Waals surface area contributed by atoms with Crippen molar-refractivity contribution in [1.29, 1.82) is 0 Å². The molecule has 4 heteroatoms. The van der Waals surface area contributed by atoms with Crippen LogP contribution in [-0.2, 0) is 0 Å². The van der Waals surface area contributed by atoms with Gasteiger partial charge in [-0.1, -0.05) is 29.8 Å². The van der Waals surface area contributed by atoms with Crippen molar-refractivity contribution in [2.45, 2.75) is 6.92 Å². The molecule has 0 saturated heterocycles. The van der Waals surface area contributed by atoms with Crippen molar-refractivity contribution >= 4 is 11.7 Å². The lowest BCUT2D eigenvalue weighted by Crippen LogP contribution is -2.29. The summed E-state index contributed by atoms with van der Waals surface area (Å²) in [4.78, 5) is 23.7. The van der Waals surface area contributed by atoms with Crippen molar-refractivity contribution in [3.63, 3.8) is 0 Å². The van der Waals surface area contributed by atoms with Crippen LogP contribution in [0.25, 0.3) is 0 Å². The van der Waals surface area contributed by atoms with Crippen LogP contribution in [0.15, 0.2) is 48.5 Å². The van der Waals surface area contributed by atoms with E-state index in [-0.39, 0.29) is 23.8 Å². The monoisotopic (exact) mass is 271 g/mol. The van der Waals surface area contributed by atoms with Gasteiger partial charge in [0.2, 0.25) is 0 Å². The van der Waals surface area contributed by atoms with Gasteiger partial charge in [-0.05, 0) is 31.2 Å². The highest BCUT2D eigenvalue weighted by atomic mass is 19.1. The second-order valence-corrected chi connectivity index (χ2v) is 4.49. The molecule has 0 aromatic heterocycles. The SMILES string of the molecule is Cc1cccc(C(=O)NCC(=O)c2cccc(F)c2)c1. The predicted octanol–water partition coefficient (Wildman–Crippen LogP) is 2.75. The molecule has 0 atom stereocenters. The molecular weight excluding hydrogens is 257 g/mol. The van der Waals surface area contributed by atoms with Crippen LogP contribution in [0, 0.1) is 12.7 Å². The predicted molar refractivity (Wildman–Crippen MR) is 74.2 cm³/mol. The van der Waals surface area contributed by atoms with E-state index in [2.05, 4.69) is 5.32 Å². The van der Waals surface area contributed by atoms with Gasteiger partial charge in [-0.3, -0.25) is 9.59 Å². The first kappa shape index (κ1) is 13.9. The van der Waals surface area contributed by atoms with Crippen LogP contribution in [0.3, 0.4) is 0 Å². The summed E-state index contributed by atoms with van der Waals surface area (Å²) in [6, 6.07) is 12.5. The van der Waals surface area contributed by atoms with E-state index in [1.165, 1.54) is 18.2 Å². The number of nitrogens with one attached hydrogen (secondary N) is 1. The fraction of sp³-hybridized carbons (Fsp3) is 0.125. The second-order valence-electron chi connectivity index (χ2n) is 4.49. The Labute approximate surface area is 116 Å². The Morgan fingerprint density at radius 2 is 1.75 bits per heavy atom. The van der Waals surface area contributed by atoms with Gasteiger partial charge >= 0.3 is 0 Å². The quantitative estimate of drug-likeness (QED) is 0.869. The maximum Gasteiger partial charge on any atom is 0.251 e. The van der Waals surface area contributed by atoms with E-state index in [9.17, 15) is 14.0 Å². The number of hydrogen-bond donors (Lipinski definition) is 1. The summed E-state index contributed by atoms with van der Waals surface area (Å²) in [7, 11) is 0. The molecule has 0 unspecified atom stereocenters. The minimum atomic E-state index is -0.471. The van der Waals surface area contributed by atoms with Gasteiger partial charge in [-0.2, -0.15) is 0 Å². The molecule has 0 bridgehead atoms. The highest BCUT2D eigenvalue weighted by Gasteiger charge is 2.10. The third-order valence-corrected chi connectivity index (χ3v) is 2.84. The molecule has 0 aliphatic rings. The topological polar surface area (TPSA) is 46.2 Å². The van der Waals surface area contributed by atoms with E-state index in [0.29, 0.717) is 5.56 Å². The number of Topliss-reactive ketones (excluding diaryl/α,β-unsaturated/α-hetero) is 1. The molecular formula is C16H14FNO2. The van der Waals surface area contributed by atoms with Crippen molar-refractivity contribution in [2.75, 3.05) is 6.54 Å². The summed E-state index contributed by atoms with van der Waals surface area (Å²) in [5.74, 6) is -1.12. The van der Waals surface area contributed by atoms with Gasteiger partial charge in [0.05, 0.1) is 6.54 Å². The largest absolute Gasteiger partial charge is 0.345 e. The van der Waals surface area contributed by atoms with Gasteiger partial charge in [-0.15, -0.1) is 0 Å². The number of hydrogen-bond acceptors (Lipinski definition) is 2. The minimum absolute atomic E-state index is 0.157. The highest BCUT2D eigenvalue weighted by molar-refractivity contribution is 6.02. The highest BCUT2D eigenvalue weighted by Crippen LogP contribution is 2.05. The van der Waals surface area contributed by atoms with Gasteiger partial charge in [-0.25, -0.2) is 4.39 Å². The van der Waals surface area contributed by atoms with E-state index in [1.807, 2.05) is 13.0 Å². The van der Waals surface area contributed by atoms with Crippen LogP contribution in [-0.4, -0.2) is 18.2 Å². The molecule has 0 spiro atoms. The summed E-state index contributed by atoms with van der Waals surface area (Å²) in [6.07, 6.45) is 0. The molecule has 102 valence electrons. The van der Waals surface area contributed by atoms with Crippen molar-refractivity contribution in [3.05, 3.63) is 71.0 Å². The molecule has 20 heavy (non-hydrogen) atoms. The van der Waals surface area contributed by atoms with Crippen molar-refractivity contribution in [3.8, 4) is 0 Å². The lowest BCUT2D eigenvalue weighted by molar-refractivity contribution is 0.0904. The number of amides is 1. The minimum Gasteiger partial charge on any atom is -0.345 e. The first-order valence-electron chi connectivity index (χ1n) is 6.20. The van der Waals surface area contributed by atoms with Crippen LogP contribution in [0.5, 0.6) is 0 Å². The third-order valence-electron chi connectivity index (χ3n) is 2.84. The maximum absolute atomic E-state index is 13.0. The Bertz CT molecular complexity index is 595. The van der Waals surface area contributed by atoms with Crippen LogP contribution in [0.4, 0.5) is 4.39 Å². The Morgan fingerprint density at radius 1 is 1.05 bits per heavy atom. The number of carbonyl (C=O) groups excluding carboxylic acids is 2. The number of rotatable bonds is 4. The van der Waals surface area contributed by atoms with E-state index < -0.39 is 5.82 Å². The van der Waals surface area contributed by atoms with Crippen LogP contribution in [0.2, 0.25) is 0 Å². The lowest BCUT2D eigenvalue weighted by Gasteiger charge is -2.05. The van der Waals surface area contributed by atoms with E-state index in [1.54, 1.807) is 18.2 Å². The Hall–Kier alpha value is -2.49. The maximum atomic E-state index is 13.0. The number of halogens is 1. The van der Waals surface area contributed by atoms with Crippen molar-refractivity contribution in [1.82, 2.24) is 5.32 Å². The molecule has 0 fully saturated rings. The lowest BCUT2D eigenvalue weighted by atomic mass is 10.1. The average molecular weight is 271 g/mol. The van der Waals surface area contributed by atoms with Gasteiger partial charge in [0.25, 0.3) is 5.91 Å². The smallest absolute Gasteiger partial charge is 0.251 e. The summed E-state index contributed by atoms with van der Waals surface area (Å²) >= 11 is 0. The first-order chi connectivity index (χ1) is 9.56. The molecule has 1 amide bonds. The van der Waals surface area contributed by atoms with Crippen molar-refractivity contribution < 1.29 is 14.0 Å². The summed E-state index contributed by atoms with van der Waals surface area (Å²) in [6.45, 7) is 1.73. The van der Waals surface area contributed by atoms with Crippen molar-refractivity contribution in [2.24, 2.45) is 0 Å². The standard InChI is InChI=1S/C16H14FNO2/c1-11-4-2-6-13(8-11)16(20)18-10-15(19)12-5-3-7-14(17)9-12/h2-9H,10H2,1H3,(H,18,20). The third kappa shape index (κ3) is 3.51. The first-order valence-corrected chi connectivity index (χ1v) is 6.20. The van der Waals surface area contributed by atoms with E-state index >= 15 is 0 Å². The second kappa shape index (κ2) is 6.10. The van der Waals surface area contributed by atoms with E-state index in [4.69, 9.17) is 0 Å². The molecule has 1 N–H and O–H groups in total. The van der Waals surface area contributed by atoms with Crippen LogP contribution < -0.4 is 5.32 Å². The summed E-state index contributed by atoms with van der Waals surface area (Å²) in [5.41, 5.74) is 1.71. The molecule has 2 aromatic rings. The van der Waals surface area contributed by atoms with Crippen LogP contribution >= 0.6 is 0 Å². The van der Waals surface area contributed by atoms with Gasteiger partial charge in [0, 0.05) is 11.1 Å². The summed E-state index contributed by atoms with van der Waals surface area (Å²) < 4.78 is 13.0. The molecule has 3 nitrogen and oxygen atoms in total. The molecule has 0 radical (unpaired) electrons. The Balaban J connectivity index is 1.98. The number of aryl methyl sites for hydroxylation is 1. The zero-order valence-electron chi connectivity index (χ0n) is 11.0. The molecule has 2 rings (SSSR count). The average Bonchev–Trinajstić information content (AvgIpc) is 2.44. The number of carbonyl (C=O) groups is 2. The Morgan fingerprint density at radius 3 is 2.45 bits per heavy atom. The fourth-order valence-corrected chi connectivity index (χ4v) is 1.81. The van der Waals surface area contributed by atoms with Gasteiger partial charge in [0.15, 0.2) is 5.78 Å². The zero-order chi connectivity index (χ0) is 14.5. The molecule has 0 aliphatic heterocycles.